The normalized spacial score (nSPS) is 16.5. The fraction of sp³-hybridized carbons (Fsp3) is 0. The van der Waals surface area contributed by atoms with Crippen LogP contribution in [0, 0.1) is 0 Å². The molecular weight excluding hydrogens is 368 g/mol. The Kier molecular flexibility index (Phi) is 5.50. The van der Waals surface area contributed by atoms with E-state index in [9.17, 15) is 15.0 Å². The highest BCUT2D eigenvalue weighted by Gasteiger charge is 2.31. The first kappa shape index (κ1) is 17.9. The summed E-state index contributed by atoms with van der Waals surface area (Å²) in [7, 11) is 0. The highest BCUT2D eigenvalue weighted by molar-refractivity contribution is 8.26. The van der Waals surface area contributed by atoms with Crippen LogP contribution in [0.2, 0.25) is 0 Å². The summed E-state index contributed by atoms with van der Waals surface area (Å²) in [6, 6.07) is 13.8. The predicted molar refractivity (Wildman–Crippen MR) is 108 cm³/mol. The molecule has 1 aliphatic rings. The van der Waals surface area contributed by atoms with Crippen LogP contribution in [0.15, 0.2) is 70.7 Å². The second-order valence-electron chi connectivity index (χ2n) is 5.27. The number of benzene rings is 2. The summed E-state index contributed by atoms with van der Waals surface area (Å²) in [6.07, 6.45) is 6.70. The molecular formula is C19H14N2O3S2. The molecule has 2 aromatic rings. The number of aromatic hydroxyl groups is 2. The summed E-state index contributed by atoms with van der Waals surface area (Å²) in [6.45, 7) is 0. The molecule has 5 nitrogen and oxygen atoms in total. The maximum atomic E-state index is 12.4. The van der Waals surface area contributed by atoms with Gasteiger partial charge in [-0.05, 0) is 36.0 Å². The van der Waals surface area contributed by atoms with Gasteiger partial charge in [0.1, 0.15) is 11.5 Å². The quantitative estimate of drug-likeness (QED) is 0.477. The number of amides is 1. The van der Waals surface area contributed by atoms with Crippen LogP contribution in [-0.2, 0) is 4.79 Å². The maximum absolute atomic E-state index is 12.4. The smallest absolute Gasteiger partial charge is 0.286 e. The molecule has 1 amide bonds. The van der Waals surface area contributed by atoms with E-state index in [0.717, 1.165) is 22.3 Å². The average Bonchev–Trinajstić information content (AvgIpc) is 2.89. The standard InChI is InChI=1S/C19H14N2O3S2/c22-15-10-9-14(16(23)11-15)12-20-21-18(24)17(26-19(21)25)8-4-7-13-5-2-1-3-6-13/h1-12,22-23H/b7-4-,17-8+,20-12+. The summed E-state index contributed by atoms with van der Waals surface area (Å²) in [4.78, 5) is 12.9. The topological polar surface area (TPSA) is 73.1 Å². The summed E-state index contributed by atoms with van der Waals surface area (Å²) in [5.41, 5.74) is 1.39. The number of hydrogen-bond acceptors (Lipinski definition) is 6. The lowest BCUT2D eigenvalue weighted by molar-refractivity contribution is -0.122. The molecule has 1 saturated heterocycles. The number of thioether (sulfide) groups is 1. The molecule has 26 heavy (non-hydrogen) atoms. The first-order valence-electron chi connectivity index (χ1n) is 7.60. The zero-order valence-electron chi connectivity index (χ0n) is 13.4. The Balaban J connectivity index is 1.73. The Morgan fingerprint density at radius 1 is 1.12 bits per heavy atom. The van der Waals surface area contributed by atoms with Crippen molar-refractivity contribution in [3.63, 3.8) is 0 Å². The van der Waals surface area contributed by atoms with Crippen molar-refractivity contribution in [3.05, 3.63) is 76.7 Å². The van der Waals surface area contributed by atoms with Gasteiger partial charge in [0, 0.05) is 11.6 Å². The van der Waals surface area contributed by atoms with E-state index in [1.807, 2.05) is 36.4 Å². The monoisotopic (exact) mass is 382 g/mol. The Morgan fingerprint density at radius 3 is 2.62 bits per heavy atom. The second kappa shape index (κ2) is 7.99. The largest absolute Gasteiger partial charge is 0.508 e. The van der Waals surface area contributed by atoms with Gasteiger partial charge in [-0.15, -0.1) is 0 Å². The third-order valence-electron chi connectivity index (χ3n) is 3.44. The molecule has 1 aliphatic heterocycles. The molecule has 0 bridgehead atoms. The van der Waals surface area contributed by atoms with Crippen LogP contribution in [0.5, 0.6) is 11.5 Å². The molecule has 3 rings (SSSR count). The molecule has 0 aromatic heterocycles. The summed E-state index contributed by atoms with van der Waals surface area (Å²) in [5, 5.41) is 24.2. The van der Waals surface area contributed by atoms with Gasteiger partial charge in [0.25, 0.3) is 5.91 Å². The van der Waals surface area contributed by atoms with Gasteiger partial charge in [-0.3, -0.25) is 4.79 Å². The number of allylic oxidation sites excluding steroid dienone is 2. The third kappa shape index (κ3) is 4.19. The van der Waals surface area contributed by atoms with Crippen molar-refractivity contribution < 1.29 is 15.0 Å². The molecule has 130 valence electrons. The predicted octanol–water partition coefficient (Wildman–Crippen LogP) is 3.89. The zero-order valence-corrected chi connectivity index (χ0v) is 15.1. The molecule has 0 spiro atoms. The van der Waals surface area contributed by atoms with E-state index in [1.54, 1.807) is 12.2 Å². The minimum absolute atomic E-state index is 0.0570. The Morgan fingerprint density at radius 2 is 1.88 bits per heavy atom. The minimum Gasteiger partial charge on any atom is -0.508 e. The Labute approximate surface area is 160 Å². The van der Waals surface area contributed by atoms with E-state index in [1.165, 1.54) is 24.4 Å². The van der Waals surface area contributed by atoms with Crippen LogP contribution in [-0.4, -0.2) is 31.7 Å². The number of hydrazone groups is 1. The van der Waals surface area contributed by atoms with Crippen molar-refractivity contribution >= 4 is 46.5 Å². The van der Waals surface area contributed by atoms with Crippen LogP contribution >= 0.6 is 24.0 Å². The van der Waals surface area contributed by atoms with Gasteiger partial charge >= 0.3 is 0 Å². The number of phenolic OH excluding ortho intramolecular Hbond substituents is 2. The van der Waals surface area contributed by atoms with E-state index >= 15 is 0 Å². The van der Waals surface area contributed by atoms with Crippen molar-refractivity contribution in [1.29, 1.82) is 0 Å². The summed E-state index contributed by atoms with van der Waals surface area (Å²) >= 11 is 6.35. The highest BCUT2D eigenvalue weighted by atomic mass is 32.2. The van der Waals surface area contributed by atoms with E-state index < -0.39 is 0 Å². The Bertz CT molecular complexity index is 937. The molecule has 7 heteroatoms. The fourth-order valence-corrected chi connectivity index (χ4v) is 3.27. The van der Waals surface area contributed by atoms with E-state index in [0.29, 0.717) is 14.8 Å². The molecule has 0 radical (unpaired) electrons. The molecule has 1 heterocycles. The molecule has 1 fully saturated rings. The number of thiocarbonyl (C=S) groups is 1. The number of hydrogen-bond donors (Lipinski definition) is 2. The van der Waals surface area contributed by atoms with Crippen molar-refractivity contribution in [3.8, 4) is 11.5 Å². The van der Waals surface area contributed by atoms with Gasteiger partial charge in [0.05, 0.1) is 11.1 Å². The highest BCUT2D eigenvalue weighted by Crippen LogP contribution is 2.31. The van der Waals surface area contributed by atoms with Crippen LogP contribution in [0.4, 0.5) is 0 Å². The van der Waals surface area contributed by atoms with Crippen molar-refractivity contribution in [1.82, 2.24) is 5.01 Å². The van der Waals surface area contributed by atoms with Crippen LogP contribution < -0.4 is 0 Å². The van der Waals surface area contributed by atoms with Gasteiger partial charge in [-0.1, -0.05) is 54.2 Å². The summed E-state index contributed by atoms with van der Waals surface area (Å²) in [5.74, 6) is -0.522. The van der Waals surface area contributed by atoms with Crippen LogP contribution in [0.25, 0.3) is 6.08 Å². The summed E-state index contributed by atoms with van der Waals surface area (Å²) < 4.78 is 0.309. The minimum atomic E-state index is -0.327. The first-order valence-corrected chi connectivity index (χ1v) is 8.83. The number of nitrogens with zero attached hydrogens (tertiary/aromatic N) is 2. The van der Waals surface area contributed by atoms with Crippen LogP contribution in [0.3, 0.4) is 0 Å². The van der Waals surface area contributed by atoms with E-state index in [4.69, 9.17) is 12.2 Å². The number of carbonyl (C=O) groups excluding carboxylic acids is 1. The molecule has 0 atom stereocenters. The van der Waals surface area contributed by atoms with Crippen molar-refractivity contribution in [2.75, 3.05) is 0 Å². The van der Waals surface area contributed by atoms with E-state index in [-0.39, 0.29) is 17.4 Å². The lowest BCUT2D eigenvalue weighted by Crippen LogP contribution is -2.22. The van der Waals surface area contributed by atoms with Gasteiger partial charge < -0.3 is 10.2 Å². The average molecular weight is 382 g/mol. The second-order valence-corrected chi connectivity index (χ2v) is 6.95. The molecule has 0 aliphatic carbocycles. The Hall–Kier alpha value is -2.90. The lowest BCUT2D eigenvalue weighted by Gasteiger charge is -2.06. The zero-order chi connectivity index (χ0) is 18.5. The third-order valence-corrected chi connectivity index (χ3v) is 4.74. The number of carbonyl (C=O) groups is 1. The number of phenols is 2. The first-order chi connectivity index (χ1) is 12.5. The van der Waals surface area contributed by atoms with Gasteiger partial charge in [0.2, 0.25) is 0 Å². The fourth-order valence-electron chi connectivity index (χ4n) is 2.15. The lowest BCUT2D eigenvalue weighted by atomic mass is 10.2. The molecule has 2 N–H and O–H groups in total. The number of rotatable bonds is 4. The van der Waals surface area contributed by atoms with Crippen molar-refractivity contribution in [2.24, 2.45) is 5.10 Å². The van der Waals surface area contributed by atoms with Crippen LogP contribution in [0.1, 0.15) is 11.1 Å². The molecule has 0 unspecified atom stereocenters. The van der Waals surface area contributed by atoms with Gasteiger partial charge in [0.15, 0.2) is 4.32 Å². The SMILES string of the molecule is O=C1/C(=C\C=C/c2ccccc2)SC(=S)N1/N=C/c1ccc(O)cc1O. The molecule has 2 aromatic carbocycles. The molecule has 0 saturated carbocycles. The van der Waals surface area contributed by atoms with E-state index in [2.05, 4.69) is 5.10 Å². The van der Waals surface area contributed by atoms with Crippen molar-refractivity contribution in [2.45, 2.75) is 0 Å². The van der Waals surface area contributed by atoms with Gasteiger partial charge in [-0.25, -0.2) is 0 Å². The maximum Gasteiger partial charge on any atom is 0.286 e. The van der Waals surface area contributed by atoms with Gasteiger partial charge in [-0.2, -0.15) is 10.1 Å².